The monoisotopic (exact) mass is 523 g/mol. The van der Waals surface area contributed by atoms with Crippen LogP contribution in [0.2, 0.25) is 0 Å². The van der Waals surface area contributed by atoms with E-state index in [4.69, 9.17) is 0 Å². The summed E-state index contributed by atoms with van der Waals surface area (Å²) in [6.07, 6.45) is 7.18. The van der Waals surface area contributed by atoms with Gasteiger partial charge in [0.05, 0.1) is 0 Å². The van der Waals surface area contributed by atoms with Gasteiger partial charge in [-0.1, -0.05) is 86.0 Å². The second kappa shape index (κ2) is 13.3. The molecule has 5 rings (SSSR count). The Morgan fingerprint density at radius 1 is 0.795 bits per heavy atom. The van der Waals surface area contributed by atoms with Gasteiger partial charge in [-0.05, 0) is 69.0 Å². The maximum atomic E-state index is 13.7. The fourth-order valence-electron chi connectivity index (χ4n) is 6.60. The molecule has 2 fully saturated rings. The van der Waals surface area contributed by atoms with Gasteiger partial charge in [-0.2, -0.15) is 0 Å². The average molecular weight is 524 g/mol. The van der Waals surface area contributed by atoms with E-state index in [9.17, 15) is 4.79 Å². The molecule has 0 aromatic heterocycles. The van der Waals surface area contributed by atoms with Crippen LogP contribution in [0.4, 0.5) is 5.69 Å². The Morgan fingerprint density at radius 2 is 1.41 bits per heavy atom. The van der Waals surface area contributed by atoms with Crippen LogP contribution in [0.3, 0.4) is 0 Å². The van der Waals surface area contributed by atoms with Gasteiger partial charge in [0.25, 0.3) is 5.91 Å². The summed E-state index contributed by atoms with van der Waals surface area (Å²) in [4.78, 5) is 20.9. The van der Waals surface area contributed by atoms with Crippen molar-refractivity contribution in [1.29, 1.82) is 0 Å². The molecule has 3 aromatic rings. The quantitative estimate of drug-likeness (QED) is 0.296. The Labute approximate surface area is 235 Å². The number of rotatable bonds is 9. The van der Waals surface area contributed by atoms with Crippen molar-refractivity contribution < 1.29 is 4.79 Å². The van der Waals surface area contributed by atoms with Crippen molar-refractivity contribution in [3.05, 3.63) is 102 Å². The molecule has 1 aliphatic heterocycles. The van der Waals surface area contributed by atoms with Gasteiger partial charge in [-0.3, -0.25) is 9.69 Å². The predicted octanol–water partition coefficient (Wildman–Crippen LogP) is 7.21. The first-order valence-electron chi connectivity index (χ1n) is 15.1. The molecule has 0 bridgehead atoms. The van der Waals surface area contributed by atoms with Crippen molar-refractivity contribution in [3.8, 4) is 0 Å². The summed E-state index contributed by atoms with van der Waals surface area (Å²) >= 11 is 0. The van der Waals surface area contributed by atoms with Gasteiger partial charge in [-0.15, -0.1) is 0 Å². The predicted molar refractivity (Wildman–Crippen MR) is 163 cm³/mol. The average Bonchev–Trinajstić information content (AvgIpc) is 2.99. The smallest absolute Gasteiger partial charge is 0.254 e. The Hall–Kier alpha value is -3.11. The van der Waals surface area contributed by atoms with Gasteiger partial charge in [-0.25, -0.2) is 0 Å². The summed E-state index contributed by atoms with van der Waals surface area (Å²) in [6, 6.07) is 30.9. The third-order valence-corrected chi connectivity index (χ3v) is 8.73. The summed E-state index contributed by atoms with van der Waals surface area (Å²) in [6.45, 7) is 9.51. The maximum absolute atomic E-state index is 13.7. The highest BCUT2D eigenvalue weighted by atomic mass is 16.2. The van der Waals surface area contributed by atoms with Crippen molar-refractivity contribution >= 4 is 11.6 Å². The van der Waals surface area contributed by atoms with Crippen LogP contribution in [-0.4, -0.2) is 60.5 Å². The number of carbonyl (C=O) groups is 1. The zero-order chi connectivity index (χ0) is 27.0. The molecular weight excluding hydrogens is 478 g/mol. The normalized spacial score (nSPS) is 17.1. The number of amides is 1. The van der Waals surface area contributed by atoms with Crippen molar-refractivity contribution in [2.45, 2.75) is 70.4 Å². The lowest BCUT2D eigenvalue weighted by molar-refractivity contribution is 0.0555. The number of carbonyl (C=O) groups excluding carboxylic acids is 1. The number of hydrogen-bond acceptors (Lipinski definition) is 3. The second-order valence-electron chi connectivity index (χ2n) is 11.6. The van der Waals surface area contributed by atoms with E-state index in [0.29, 0.717) is 12.0 Å². The van der Waals surface area contributed by atoms with Crippen molar-refractivity contribution in [1.82, 2.24) is 9.80 Å². The number of piperazine rings is 1. The molecule has 4 heteroatoms. The van der Waals surface area contributed by atoms with E-state index in [1.807, 2.05) is 6.07 Å². The van der Waals surface area contributed by atoms with Crippen LogP contribution in [-0.2, 0) is 0 Å². The first-order valence-corrected chi connectivity index (χ1v) is 15.1. The number of hydrogen-bond donors (Lipinski definition) is 0. The largest absolute Gasteiger partial charge is 0.369 e. The van der Waals surface area contributed by atoms with E-state index in [0.717, 1.165) is 57.5 Å². The molecule has 0 unspecified atom stereocenters. The minimum atomic E-state index is 0.199. The molecule has 39 heavy (non-hydrogen) atoms. The molecule has 0 atom stereocenters. The molecule has 4 nitrogen and oxygen atoms in total. The lowest BCUT2D eigenvalue weighted by atomic mass is 9.88. The fraction of sp³-hybridized carbons (Fsp3) is 0.457. The van der Waals surface area contributed by atoms with E-state index < -0.39 is 0 Å². The van der Waals surface area contributed by atoms with Crippen LogP contribution < -0.4 is 4.90 Å². The zero-order valence-electron chi connectivity index (χ0n) is 23.8. The maximum Gasteiger partial charge on any atom is 0.254 e. The minimum Gasteiger partial charge on any atom is -0.369 e. The second-order valence-corrected chi connectivity index (χ2v) is 11.6. The number of benzene rings is 3. The first-order chi connectivity index (χ1) is 19.1. The Balaban J connectivity index is 1.20. The Bertz CT molecular complexity index is 1130. The van der Waals surface area contributed by atoms with Crippen LogP contribution in [0, 0.1) is 0 Å². The van der Waals surface area contributed by atoms with Gasteiger partial charge in [0.1, 0.15) is 0 Å². The SMILES string of the molecule is CC(C)N(C(=O)c1cccc(N2CCN(CCC(c3ccccc3)c3ccccc3)CC2)c1)C1CCCCC1. The third kappa shape index (κ3) is 6.91. The van der Waals surface area contributed by atoms with E-state index in [2.05, 4.69) is 107 Å². The molecule has 1 aliphatic carbocycles. The van der Waals surface area contributed by atoms with E-state index in [1.165, 1.54) is 36.1 Å². The standard InChI is InChI=1S/C35H45N3O/c1-28(2)38(32-18-10-5-11-19-32)35(39)31-17-12-20-33(27-31)37-25-23-36(24-26-37)22-21-34(29-13-6-3-7-14-29)30-15-8-4-9-16-30/h3-4,6-9,12-17,20,27-28,32,34H,5,10-11,18-19,21-26H2,1-2H3. The molecular formula is C35H45N3O. The number of anilines is 1. The molecule has 1 amide bonds. The summed E-state index contributed by atoms with van der Waals surface area (Å²) < 4.78 is 0. The van der Waals surface area contributed by atoms with Gasteiger partial charge < -0.3 is 9.80 Å². The summed E-state index contributed by atoms with van der Waals surface area (Å²) in [5.74, 6) is 0.617. The molecule has 206 valence electrons. The summed E-state index contributed by atoms with van der Waals surface area (Å²) in [5.41, 5.74) is 4.81. The van der Waals surface area contributed by atoms with Crippen LogP contribution in [0.1, 0.15) is 79.8 Å². The lowest BCUT2D eigenvalue weighted by Crippen LogP contribution is -2.47. The van der Waals surface area contributed by atoms with Gasteiger partial charge in [0.2, 0.25) is 0 Å². The van der Waals surface area contributed by atoms with Gasteiger partial charge in [0, 0.05) is 55.4 Å². The Kier molecular flexibility index (Phi) is 9.36. The van der Waals surface area contributed by atoms with E-state index in [1.54, 1.807) is 0 Å². The molecule has 1 saturated heterocycles. The summed E-state index contributed by atoms with van der Waals surface area (Å²) in [5, 5.41) is 0. The van der Waals surface area contributed by atoms with Crippen LogP contribution in [0.25, 0.3) is 0 Å². The molecule has 2 aliphatic rings. The minimum absolute atomic E-state index is 0.199. The van der Waals surface area contributed by atoms with Crippen LogP contribution in [0.5, 0.6) is 0 Å². The van der Waals surface area contributed by atoms with E-state index >= 15 is 0 Å². The van der Waals surface area contributed by atoms with Crippen molar-refractivity contribution in [2.75, 3.05) is 37.6 Å². The van der Waals surface area contributed by atoms with Crippen LogP contribution >= 0.6 is 0 Å². The van der Waals surface area contributed by atoms with Gasteiger partial charge >= 0.3 is 0 Å². The fourth-order valence-corrected chi connectivity index (χ4v) is 6.60. The zero-order valence-corrected chi connectivity index (χ0v) is 23.8. The van der Waals surface area contributed by atoms with E-state index in [-0.39, 0.29) is 11.9 Å². The molecule has 1 heterocycles. The van der Waals surface area contributed by atoms with Crippen LogP contribution in [0.15, 0.2) is 84.9 Å². The third-order valence-electron chi connectivity index (χ3n) is 8.73. The summed E-state index contributed by atoms with van der Waals surface area (Å²) in [7, 11) is 0. The molecule has 0 radical (unpaired) electrons. The molecule has 0 spiro atoms. The van der Waals surface area contributed by atoms with Gasteiger partial charge in [0.15, 0.2) is 0 Å². The first kappa shape index (κ1) is 27.5. The highest BCUT2D eigenvalue weighted by Crippen LogP contribution is 2.29. The van der Waals surface area contributed by atoms with Crippen molar-refractivity contribution in [2.24, 2.45) is 0 Å². The lowest BCUT2D eigenvalue weighted by Gasteiger charge is -2.38. The molecule has 1 saturated carbocycles. The topological polar surface area (TPSA) is 26.8 Å². The Morgan fingerprint density at radius 3 is 2.00 bits per heavy atom. The highest BCUT2D eigenvalue weighted by Gasteiger charge is 2.29. The molecule has 3 aromatic carbocycles. The number of nitrogens with zero attached hydrogens (tertiary/aromatic N) is 3. The molecule has 0 N–H and O–H groups in total. The highest BCUT2D eigenvalue weighted by molar-refractivity contribution is 5.95. The van der Waals surface area contributed by atoms with Crippen molar-refractivity contribution in [3.63, 3.8) is 0 Å².